The molecule has 0 aliphatic heterocycles. The molecule has 3 heteroatoms. The van der Waals surface area contributed by atoms with Crippen LogP contribution in [0.3, 0.4) is 0 Å². The monoisotopic (exact) mass is 229 g/mol. The molecule has 3 nitrogen and oxygen atoms in total. The van der Waals surface area contributed by atoms with Crippen molar-refractivity contribution in [2.24, 2.45) is 11.7 Å². The van der Waals surface area contributed by atoms with E-state index in [-0.39, 0.29) is 11.7 Å². The van der Waals surface area contributed by atoms with Crippen molar-refractivity contribution in [3.63, 3.8) is 0 Å². The lowest BCUT2D eigenvalue weighted by Gasteiger charge is -2.41. The first-order chi connectivity index (χ1) is 7.62. The van der Waals surface area contributed by atoms with E-state index in [0.29, 0.717) is 13.2 Å². The maximum atomic E-state index is 6.15. The van der Waals surface area contributed by atoms with Gasteiger partial charge in [0.25, 0.3) is 0 Å². The van der Waals surface area contributed by atoms with Crippen LogP contribution in [-0.4, -0.2) is 31.5 Å². The van der Waals surface area contributed by atoms with E-state index in [9.17, 15) is 0 Å². The average molecular weight is 229 g/mol. The molecule has 16 heavy (non-hydrogen) atoms. The Morgan fingerprint density at radius 2 is 2.25 bits per heavy atom. The first-order valence-corrected chi connectivity index (χ1v) is 6.57. The summed E-state index contributed by atoms with van der Waals surface area (Å²) < 4.78 is 11.5. The van der Waals surface area contributed by atoms with Gasteiger partial charge in [0, 0.05) is 13.2 Å². The molecule has 1 fully saturated rings. The highest BCUT2D eigenvalue weighted by molar-refractivity contribution is 4.88. The van der Waals surface area contributed by atoms with E-state index in [1.54, 1.807) is 0 Å². The molecule has 2 N–H and O–H groups in total. The summed E-state index contributed by atoms with van der Waals surface area (Å²) in [5, 5.41) is 0. The van der Waals surface area contributed by atoms with Gasteiger partial charge in [0.2, 0.25) is 0 Å². The van der Waals surface area contributed by atoms with Gasteiger partial charge in [0.05, 0.1) is 18.3 Å². The number of hydrogen-bond donors (Lipinski definition) is 1. The van der Waals surface area contributed by atoms with Gasteiger partial charge in [-0.15, -0.1) is 0 Å². The van der Waals surface area contributed by atoms with Crippen molar-refractivity contribution < 1.29 is 9.47 Å². The molecule has 1 aliphatic carbocycles. The third-order valence-electron chi connectivity index (χ3n) is 3.43. The van der Waals surface area contributed by atoms with E-state index < -0.39 is 0 Å². The summed E-state index contributed by atoms with van der Waals surface area (Å²) in [7, 11) is 0. The van der Waals surface area contributed by atoms with Crippen LogP contribution in [0, 0.1) is 5.92 Å². The van der Waals surface area contributed by atoms with Crippen LogP contribution < -0.4 is 5.73 Å². The highest BCUT2D eigenvalue weighted by Crippen LogP contribution is 2.35. The molecule has 3 atom stereocenters. The minimum Gasteiger partial charge on any atom is -0.379 e. The number of hydrogen-bond acceptors (Lipinski definition) is 3. The molecule has 1 aliphatic rings. The second-order valence-corrected chi connectivity index (χ2v) is 5.18. The summed E-state index contributed by atoms with van der Waals surface area (Å²) in [6.45, 7) is 8.43. The molecular weight excluding hydrogens is 202 g/mol. The first-order valence-electron chi connectivity index (χ1n) is 6.57. The highest BCUT2D eigenvalue weighted by atomic mass is 16.5. The maximum absolute atomic E-state index is 6.15. The van der Waals surface area contributed by atoms with Gasteiger partial charge in [-0.1, -0.05) is 19.8 Å². The minimum atomic E-state index is -0.0891. The maximum Gasteiger partial charge on any atom is 0.0811 e. The van der Waals surface area contributed by atoms with Crippen molar-refractivity contribution in [2.75, 3.05) is 19.8 Å². The van der Waals surface area contributed by atoms with Gasteiger partial charge in [-0.05, 0) is 32.6 Å². The zero-order chi connectivity index (χ0) is 12.0. The second kappa shape index (κ2) is 6.58. The van der Waals surface area contributed by atoms with Crippen LogP contribution in [0.25, 0.3) is 0 Å². The van der Waals surface area contributed by atoms with E-state index in [2.05, 4.69) is 13.8 Å². The lowest BCUT2D eigenvalue weighted by Crippen LogP contribution is -2.47. The van der Waals surface area contributed by atoms with Gasteiger partial charge in [-0.3, -0.25) is 0 Å². The van der Waals surface area contributed by atoms with Crippen molar-refractivity contribution in [3.8, 4) is 0 Å². The fourth-order valence-corrected chi connectivity index (χ4v) is 2.70. The summed E-state index contributed by atoms with van der Waals surface area (Å²) >= 11 is 0. The molecule has 0 aromatic rings. The van der Waals surface area contributed by atoms with Gasteiger partial charge in [0.15, 0.2) is 0 Å². The van der Waals surface area contributed by atoms with Gasteiger partial charge < -0.3 is 15.2 Å². The Hall–Kier alpha value is -0.120. The molecule has 96 valence electrons. The predicted octanol–water partition coefficient (Wildman–Crippen LogP) is 2.34. The molecule has 0 aromatic carbocycles. The molecule has 0 heterocycles. The van der Waals surface area contributed by atoms with Crippen molar-refractivity contribution >= 4 is 0 Å². The topological polar surface area (TPSA) is 44.5 Å². The Bertz CT molecular complexity index is 198. The third-order valence-corrected chi connectivity index (χ3v) is 3.43. The molecule has 0 spiro atoms. The summed E-state index contributed by atoms with van der Waals surface area (Å²) in [5.41, 5.74) is 5.82. The van der Waals surface area contributed by atoms with Gasteiger partial charge >= 0.3 is 0 Å². The van der Waals surface area contributed by atoms with E-state index in [0.717, 1.165) is 25.4 Å². The van der Waals surface area contributed by atoms with Gasteiger partial charge in [-0.2, -0.15) is 0 Å². The Balaban J connectivity index is 2.45. The van der Waals surface area contributed by atoms with E-state index in [4.69, 9.17) is 15.2 Å². The molecule has 0 radical (unpaired) electrons. The summed E-state index contributed by atoms with van der Waals surface area (Å²) in [6, 6.07) is 0. The fraction of sp³-hybridized carbons (Fsp3) is 1.00. The standard InChI is InChI=1S/C13H27NO2/c1-4-15-9-12(3)16-13(10-14)7-5-6-11(2)8-13/h11-12H,4-10,14H2,1-3H3. The van der Waals surface area contributed by atoms with E-state index in [1.807, 2.05) is 6.92 Å². The fourth-order valence-electron chi connectivity index (χ4n) is 2.70. The Kier molecular flexibility index (Phi) is 5.73. The predicted molar refractivity (Wildman–Crippen MR) is 66.5 cm³/mol. The van der Waals surface area contributed by atoms with Crippen LogP contribution in [0.5, 0.6) is 0 Å². The van der Waals surface area contributed by atoms with E-state index in [1.165, 1.54) is 12.8 Å². The zero-order valence-corrected chi connectivity index (χ0v) is 11.0. The van der Waals surface area contributed by atoms with Crippen molar-refractivity contribution in [3.05, 3.63) is 0 Å². The highest BCUT2D eigenvalue weighted by Gasteiger charge is 2.35. The zero-order valence-electron chi connectivity index (χ0n) is 11.0. The second-order valence-electron chi connectivity index (χ2n) is 5.18. The van der Waals surface area contributed by atoms with Gasteiger partial charge in [-0.25, -0.2) is 0 Å². The van der Waals surface area contributed by atoms with Crippen LogP contribution in [0.4, 0.5) is 0 Å². The Morgan fingerprint density at radius 3 is 2.81 bits per heavy atom. The number of ether oxygens (including phenoxy) is 2. The minimum absolute atomic E-state index is 0.0891. The third kappa shape index (κ3) is 4.04. The van der Waals surface area contributed by atoms with Crippen molar-refractivity contribution in [1.29, 1.82) is 0 Å². The first kappa shape index (κ1) is 13.9. The molecular formula is C13H27NO2. The van der Waals surface area contributed by atoms with Crippen LogP contribution >= 0.6 is 0 Å². The number of rotatable bonds is 6. The lowest BCUT2D eigenvalue weighted by molar-refractivity contribution is -0.129. The number of nitrogens with two attached hydrogens (primary N) is 1. The van der Waals surface area contributed by atoms with Crippen LogP contribution in [0.15, 0.2) is 0 Å². The van der Waals surface area contributed by atoms with Crippen LogP contribution in [0.1, 0.15) is 46.5 Å². The SMILES string of the molecule is CCOCC(C)OC1(CN)CCCC(C)C1. The molecule has 1 saturated carbocycles. The van der Waals surface area contributed by atoms with E-state index >= 15 is 0 Å². The molecule has 1 rings (SSSR count). The molecule has 0 saturated heterocycles. The molecule has 0 bridgehead atoms. The Labute approximate surface area is 99.7 Å². The molecule has 3 unspecified atom stereocenters. The van der Waals surface area contributed by atoms with Crippen molar-refractivity contribution in [2.45, 2.75) is 58.2 Å². The quantitative estimate of drug-likeness (QED) is 0.760. The average Bonchev–Trinajstić information content (AvgIpc) is 2.26. The Morgan fingerprint density at radius 1 is 1.50 bits per heavy atom. The molecule has 0 aromatic heterocycles. The van der Waals surface area contributed by atoms with Crippen LogP contribution in [-0.2, 0) is 9.47 Å². The normalized spacial score (nSPS) is 32.6. The van der Waals surface area contributed by atoms with Crippen LogP contribution in [0.2, 0.25) is 0 Å². The lowest BCUT2D eigenvalue weighted by atomic mass is 9.78. The summed E-state index contributed by atoms with van der Waals surface area (Å²) in [4.78, 5) is 0. The summed E-state index contributed by atoms with van der Waals surface area (Å²) in [6.07, 6.45) is 4.89. The van der Waals surface area contributed by atoms with Crippen molar-refractivity contribution in [1.82, 2.24) is 0 Å². The summed E-state index contributed by atoms with van der Waals surface area (Å²) in [5.74, 6) is 0.733. The molecule has 0 amide bonds. The smallest absolute Gasteiger partial charge is 0.0811 e. The van der Waals surface area contributed by atoms with Gasteiger partial charge in [0.1, 0.15) is 0 Å². The largest absolute Gasteiger partial charge is 0.379 e.